The maximum atomic E-state index is 6.23. The maximum Gasteiger partial charge on any atom is 0.196 e. The van der Waals surface area contributed by atoms with Crippen LogP contribution in [0.15, 0.2) is 29.3 Å². The molecule has 3 rings (SSSR count). The summed E-state index contributed by atoms with van der Waals surface area (Å²) in [5.41, 5.74) is 7.41. The molecule has 1 aromatic carbocycles. The first-order chi connectivity index (χ1) is 10.2. The minimum absolute atomic E-state index is 0.0787. The fourth-order valence-electron chi connectivity index (χ4n) is 3.92. The van der Waals surface area contributed by atoms with Crippen molar-refractivity contribution in [3.8, 4) is 5.75 Å². The summed E-state index contributed by atoms with van der Waals surface area (Å²) < 4.78 is 5.36. The van der Waals surface area contributed by atoms with Gasteiger partial charge in [-0.1, -0.05) is 32.3 Å². The molecule has 0 radical (unpaired) electrons. The largest absolute Gasteiger partial charge is 0.497 e. The number of anilines is 1. The molecule has 2 aliphatic rings. The summed E-state index contributed by atoms with van der Waals surface area (Å²) in [6.07, 6.45) is 6.20. The highest BCUT2D eigenvalue weighted by Gasteiger charge is 2.45. The van der Waals surface area contributed by atoms with Crippen molar-refractivity contribution >= 4 is 11.6 Å². The Bertz CT molecular complexity index is 543. The van der Waals surface area contributed by atoms with E-state index in [9.17, 15) is 0 Å². The maximum absolute atomic E-state index is 6.23. The van der Waals surface area contributed by atoms with Gasteiger partial charge in [0, 0.05) is 11.8 Å². The van der Waals surface area contributed by atoms with Gasteiger partial charge in [-0.3, -0.25) is 4.99 Å². The summed E-state index contributed by atoms with van der Waals surface area (Å²) in [7, 11) is 1.70. The highest BCUT2D eigenvalue weighted by molar-refractivity contribution is 5.98. The first-order valence-corrected chi connectivity index (χ1v) is 7.93. The Morgan fingerprint density at radius 3 is 3.10 bits per heavy atom. The molecule has 2 atom stereocenters. The number of benzene rings is 1. The lowest BCUT2D eigenvalue weighted by Gasteiger charge is -2.44. The minimum atomic E-state index is 0.0787. The van der Waals surface area contributed by atoms with Crippen LogP contribution in [0.25, 0.3) is 0 Å². The van der Waals surface area contributed by atoms with E-state index in [4.69, 9.17) is 10.5 Å². The molecule has 2 unspecified atom stereocenters. The second-order valence-corrected chi connectivity index (χ2v) is 6.31. The van der Waals surface area contributed by atoms with Gasteiger partial charge in [-0.15, -0.1) is 0 Å². The number of guanidine groups is 1. The fourth-order valence-corrected chi connectivity index (χ4v) is 3.92. The van der Waals surface area contributed by atoms with Crippen molar-refractivity contribution in [2.75, 3.05) is 18.6 Å². The third-order valence-corrected chi connectivity index (χ3v) is 5.05. The van der Waals surface area contributed by atoms with Gasteiger partial charge in [-0.25, -0.2) is 0 Å². The van der Waals surface area contributed by atoms with Crippen molar-refractivity contribution in [1.82, 2.24) is 0 Å². The summed E-state index contributed by atoms with van der Waals surface area (Å²) >= 11 is 0. The second-order valence-electron chi connectivity index (χ2n) is 6.31. The van der Waals surface area contributed by atoms with Crippen molar-refractivity contribution in [2.45, 2.75) is 44.6 Å². The van der Waals surface area contributed by atoms with Crippen LogP contribution in [0.4, 0.5) is 5.69 Å². The second kappa shape index (κ2) is 5.58. The van der Waals surface area contributed by atoms with Gasteiger partial charge in [0.1, 0.15) is 5.75 Å². The molecule has 1 fully saturated rings. The number of ether oxygens (including phenoxy) is 1. The molecule has 1 spiro atoms. The van der Waals surface area contributed by atoms with E-state index in [0.29, 0.717) is 5.96 Å². The van der Waals surface area contributed by atoms with Crippen molar-refractivity contribution in [1.29, 1.82) is 0 Å². The van der Waals surface area contributed by atoms with E-state index in [2.05, 4.69) is 28.9 Å². The van der Waals surface area contributed by atoms with Crippen LogP contribution in [0.3, 0.4) is 0 Å². The summed E-state index contributed by atoms with van der Waals surface area (Å²) in [5, 5.41) is 0. The Kier molecular flexibility index (Phi) is 3.79. The van der Waals surface area contributed by atoms with Crippen LogP contribution in [0.5, 0.6) is 5.75 Å². The molecule has 1 saturated carbocycles. The van der Waals surface area contributed by atoms with Gasteiger partial charge in [0.15, 0.2) is 5.96 Å². The number of nitrogens with two attached hydrogens (primary N) is 1. The lowest BCUT2D eigenvalue weighted by atomic mass is 9.74. The van der Waals surface area contributed by atoms with Crippen LogP contribution in [-0.4, -0.2) is 25.2 Å². The van der Waals surface area contributed by atoms with Crippen LogP contribution in [0.2, 0.25) is 0 Å². The Morgan fingerprint density at radius 2 is 2.33 bits per heavy atom. The third kappa shape index (κ3) is 2.47. The quantitative estimate of drug-likeness (QED) is 0.929. The molecule has 0 saturated heterocycles. The molecule has 21 heavy (non-hydrogen) atoms. The molecule has 2 N–H and O–H groups in total. The van der Waals surface area contributed by atoms with E-state index in [0.717, 1.165) is 23.9 Å². The zero-order valence-corrected chi connectivity index (χ0v) is 13.0. The third-order valence-electron chi connectivity index (χ3n) is 5.05. The molecular formula is C17H25N3O. The van der Waals surface area contributed by atoms with Crippen LogP contribution in [-0.2, 0) is 0 Å². The van der Waals surface area contributed by atoms with E-state index in [1.54, 1.807) is 7.11 Å². The van der Waals surface area contributed by atoms with E-state index < -0.39 is 0 Å². The predicted molar refractivity (Wildman–Crippen MR) is 86.9 cm³/mol. The van der Waals surface area contributed by atoms with Crippen molar-refractivity contribution in [3.05, 3.63) is 24.3 Å². The Labute approximate surface area is 127 Å². The molecule has 114 valence electrons. The first kappa shape index (κ1) is 14.2. The van der Waals surface area contributed by atoms with E-state index >= 15 is 0 Å². The fraction of sp³-hybridized carbons (Fsp3) is 0.588. The number of hydrogen-bond acceptors (Lipinski definition) is 4. The highest BCUT2D eigenvalue weighted by Crippen LogP contribution is 2.43. The molecule has 4 nitrogen and oxygen atoms in total. The number of methoxy groups -OCH3 is 1. The number of hydrogen-bond donors (Lipinski definition) is 1. The van der Waals surface area contributed by atoms with E-state index in [-0.39, 0.29) is 5.54 Å². The standard InChI is InChI=1S/C17H25N3O/c1-3-13-6-5-9-17(11-13)12-19-16(18)20(17)14-7-4-8-15(10-14)21-2/h4,7-8,10,13H,3,5-6,9,11-12H2,1-2H3,(H2,18,19). The summed E-state index contributed by atoms with van der Waals surface area (Å²) in [6, 6.07) is 8.15. The monoisotopic (exact) mass is 287 g/mol. The summed E-state index contributed by atoms with van der Waals surface area (Å²) in [6.45, 7) is 3.12. The SMILES string of the molecule is CCC1CCCC2(CN=C(N)N2c2cccc(OC)c2)C1. The van der Waals surface area contributed by atoms with Crippen molar-refractivity contribution in [3.63, 3.8) is 0 Å². The lowest BCUT2D eigenvalue weighted by Crippen LogP contribution is -2.54. The smallest absolute Gasteiger partial charge is 0.196 e. The van der Waals surface area contributed by atoms with Gasteiger partial charge >= 0.3 is 0 Å². The van der Waals surface area contributed by atoms with Crippen LogP contribution in [0, 0.1) is 5.92 Å². The van der Waals surface area contributed by atoms with E-state index in [1.165, 1.54) is 32.1 Å². The lowest BCUT2D eigenvalue weighted by molar-refractivity contribution is 0.235. The van der Waals surface area contributed by atoms with Crippen LogP contribution in [0.1, 0.15) is 39.0 Å². The normalized spacial score (nSPS) is 28.8. The predicted octanol–water partition coefficient (Wildman–Crippen LogP) is 3.17. The van der Waals surface area contributed by atoms with Crippen LogP contribution < -0.4 is 15.4 Å². The molecular weight excluding hydrogens is 262 g/mol. The first-order valence-electron chi connectivity index (χ1n) is 7.93. The number of rotatable bonds is 3. The van der Waals surface area contributed by atoms with Gasteiger partial charge in [-0.2, -0.15) is 0 Å². The average molecular weight is 287 g/mol. The molecule has 4 heteroatoms. The van der Waals surface area contributed by atoms with Crippen molar-refractivity contribution < 1.29 is 4.74 Å². The number of nitrogens with zero attached hydrogens (tertiary/aromatic N) is 2. The molecule has 1 aromatic rings. The zero-order valence-electron chi connectivity index (χ0n) is 13.0. The Morgan fingerprint density at radius 1 is 1.48 bits per heavy atom. The molecule has 0 bridgehead atoms. The summed E-state index contributed by atoms with van der Waals surface area (Å²) in [4.78, 5) is 6.84. The highest BCUT2D eigenvalue weighted by atomic mass is 16.5. The zero-order chi connectivity index (χ0) is 14.9. The summed E-state index contributed by atoms with van der Waals surface area (Å²) in [5.74, 6) is 2.30. The molecule has 1 aliphatic heterocycles. The van der Waals surface area contributed by atoms with Gasteiger partial charge < -0.3 is 15.4 Å². The molecule has 1 aliphatic carbocycles. The topological polar surface area (TPSA) is 50.8 Å². The van der Waals surface area contributed by atoms with Crippen molar-refractivity contribution in [2.24, 2.45) is 16.6 Å². The Balaban J connectivity index is 1.95. The minimum Gasteiger partial charge on any atom is -0.497 e. The molecule has 0 aromatic heterocycles. The molecule has 0 amide bonds. The molecule has 1 heterocycles. The average Bonchev–Trinajstić information content (AvgIpc) is 2.83. The van der Waals surface area contributed by atoms with Gasteiger partial charge in [0.25, 0.3) is 0 Å². The van der Waals surface area contributed by atoms with E-state index in [1.807, 2.05) is 12.1 Å². The Hall–Kier alpha value is -1.71. The number of aliphatic imine (C=N–C) groups is 1. The van der Waals surface area contributed by atoms with Gasteiger partial charge in [-0.05, 0) is 30.9 Å². The van der Waals surface area contributed by atoms with Gasteiger partial charge in [0.2, 0.25) is 0 Å². The van der Waals surface area contributed by atoms with Gasteiger partial charge in [0.05, 0.1) is 19.2 Å². The van der Waals surface area contributed by atoms with Crippen LogP contribution >= 0.6 is 0 Å².